The van der Waals surface area contributed by atoms with Crippen molar-refractivity contribution < 1.29 is 19.4 Å². The lowest BCUT2D eigenvalue weighted by molar-refractivity contribution is 0.102. The van der Waals surface area contributed by atoms with E-state index in [1.165, 1.54) is 12.0 Å². The summed E-state index contributed by atoms with van der Waals surface area (Å²) in [6.45, 7) is 5.17. The molecule has 0 aromatic carbocycles. The van der Waals surface area contributed by atoms with E-state index in [0.717, 1.165) is 11.2 Å². The minimum absolute atomic E-state index is 0.151. The fourth-order valence-electron chi connectivity index (χ4n) is 3.68. The van der Waals surface area contributed by atoms with Crippen LogP contribution in [0.4, 0.5) is 16.4 Å². The highest BCUT2D eigenvalue weighted by atomic mass is 16.5. The topological polar surface area (TPSA) is 125 Å². The van der Waals surface area contributed by atoms with E-state index < -0.39 is 6.09 Å². The van der Waals surface area contributed by atoms with E-state index in [1.54, 1.807) is 28.9 Å². The Balaban J connectivity index is 1.47. The second-order valence-corrected chi connectivity index (χ2v) is 7.41. The third-order valence-electron chi connectivity index (χ3n) is 5.24. The molecule has 31 heavy (non-hydrogen) atoms. The first-order chi connectivity index (χ1) is 14.9. The lowest BCUT2D eigenvalue weighted by atomic mass is 10.2. The quantitative estimate of drug-likeness (QED) is 0.649. The molecule has 11 heteroatoms. The number of piperazine rings is 1. The van der Waals surface area contributed by atoms with Crippen molar-refractivity contribution in [2.45, 2.75) is 19.9 Å². The average molecular weight is 425 g/mol. The zero-order valence-electron chi connectivity index (χ0n) is 17.4. The van der Waals surface area contributed by atoms with Crippen molar-refractivity contribution in [3.63, 3.8) is 0 Å². The van der Waals surface area contributed by atoms with E-state index in [-0.39, 0.29) is 11.9 Å². The number of hydrogen-bond acceptors (Lipinski definition) is 7. The minimum Gasteiger partial charge on any atom is -0.494 e. The number of carboxylic acid groups (broad SMARTS) is 1. The number of carbonyl (C=O) groups is 2. The molecule has 0 bridgehead atoms. The van der Waals surface area contributed by atoms with Gasteiger partial charge in [-0.15, -0.1) is 10.2 Å². The highest BCUT2D eigenvalue weighted by Gasteiger charge is 2.28. The van der Waals surface area contributed by atoms with Gasteiger partial charge in [-0.3, -0.25) is 4.79 Å². The number of nitrogens with one attached hydrogen (secondary N) is 1. The van der Waals surface area contributed by atoms with E-state index in [2.05, 4.69) is 20.6 Å². The molecule has 4 heterocycles. The summed E-state index contributed by atoms with van der Waals surface area (Å²) >= 11 is 0. The monoisotopic (exact) mass is 425 g/mol. The molecule has 0 aliphatic carbocycles. The summed E-state index contributed by atoms with van der Waals surface area (Å²) < 4.78 is 7.00. The highest BCUT2D eigenvalue weighted by molar-refractivity contribution is 6.06. The van der Waals surface area contributed by atoms with E-state index in [9.17, 15) is 14.7 Å². The SMILES string of the molecule is COc1cn2nc(C)cc2cc1C(=O)Nc1ccc(N2CCN(C(=O)O)C(C)C2)nn1. The number of aryl methyl sites for hydroxylation is 1. The fourth-order valence-corrected chi connectivity index (χ4v) is 3.68. The van der Waals surface area contributed by atoms with Gasteiger partial charge in [0.2, 0.25) is 0 Å². The number of ether oxygens (including phenoxy) is 1. The molecule has 1 aliphatic heterocycles. The standard InChI is InChI=1S/C20H23N7O4/c1-12-8-14-9-15(16(31-3)11-27(14)24-12)19(28)21-17-4-5-18(23-22-17)25-6-7-26(20(29)30)13(2)10-25/h4-5,8-9,11,13H,6-7,10H2,1-3H3,(H,29,30)(H,21,22,28). The summed E-state index contributed by atoms with van der Waals surface area (Å²) in [6.07, 6.45) is 0.736. The van der Waals surface area contributed by atoms with Crippen LogP contribution in [0.5, 0.6) is 5.75 Å². The van der Waals surface area contributed by atoms with Gasteiger partial charge in [-0.05, 0) is 38.1 Å². The summed E-state index contributed by atoms with van der Waals surface area (Å²) in [4.78, 5) is 27.4. The summed E-state index contributed by atoms with van der Waals surface area (Å²) in [5.74, 6) is 0.952. The second kappa shape index (κ2) is 8.09. The first kappa shape index (κ1) is 20.4. The molecule has 0 radical (unpaired) electrons. The van der Waals surface area contributed by atoms with E-state index >= 15 is 0 Å². The van der Waals surface area contributed by atoms with Gasteiger partial charge in [-0.2, -0.15) is 5.10 Å². The summed E-state index contributed by atoms with van der Waals surface area (Å²) in [5, 5.41) is 24.6. The van der Waals surface area contributed by atoms with Crippen LogP contribution in [0.2, 0.25) is 0 Å². The van der Waals surface area contributed by atoms with Crippen molar-refractivity contribution >= 4 is 29.2 Å². The molecule has 2 amide bonds. The summed E-state index contributed by atoms with van der Waals surface area (Å²) in [7, 11) is 1.49. The Labute approximate surface area is 178 Å². The number of pyridine rings is 1. The van der Waals surface area contributed by atoms with Crippen molar-refractivity contribution in [2.75, 3.05) is 37.0 Å². The minimum atomic E-state index is -0.920. The lowest BCUT2D eigenvalue weighted by Crippen LogP contribution is -2.54. The maximum absolute atomic E-state index is 12.8. The fraction of sp³-hybridized carbons (Fsp3) is 0.350. The van der Waals surface area contributed by atoms with Crippen LogP contribution < -0.4 is 15.0 Å². The third kappa shape index (κ3) is 4.06. The molecule has 2 N–H and O–H groups in total. The zero-order chi connectivity index (χ0) is 22.1. The first-order valence-electron chi connectivity index (χ1n) is 9.79. The number of fused-ring (bicyclic) bond motifs is 1. The average Bonchev–Trinajstić information content (AvgIpc) is 3.11. The van der Waals surface area contributed by atoms with Crippen LogP contribution in [0.1, 0.15) is 23.0 Å². The molecular formula is C20H23N7O4. The number of anilines is 2. The van der Waals surface area contributed by atoms with Crippen LogP contribution in [0, 0.1) is 6.92 Å². The zero-order valence-corrected chi connectivity index (χ0v) is 17.4. The molecule has 162 valence electrons. The molecule has 3 aromatic heterocycles. The van der Waals surface area contributed by atoms with E-state index in [0.29, 0.717) is 42.6 Å². The van der Waals surface area contributed by atoms with Crippen LogP contribution in [0.25, 0.3) is 5.52 Å². The van der Waals surface area contributed by atoms with Gasteiger partial charge < -0.3 is 25.0 Å². The second-order valence-electron chi connectivity index (χ2n) is 7.41. The van der Waals surface area contributed by atoms with Gasteiger partial charge in [0.15, 0.2) is 11.6 Å². The molecule has 0 spiro atoms. The molecule has 0 saturated carbocycles. The maximum Gasteiger partial charge on any atom is 0.407 e. The number of aromatic nitrogens is 4. The Morgan fingerprint density at radius 2 is 2.03 bits per heavy atom. The molecule has 1 saturated heterocycles. The number of methoxy groups -OCH3 is 1. The number of nitrogens with zero attached hydrogens (tertiary/aromatic N) is 6. The molecule has 11 nitrogen and oxygen atoms in total. The molecular weight excluding hydrogens is 402 g/mol. The summed E-state index contributed by atoms with van der Waals surface area (Å²) in [5.41, 5.74) is 1.97. The lowest BCUT2D eigenvalue weighted by Gasteiger charge is -2.38. The number of rotatable bonds is 4. The Morgan fingerprint density at radius 3 is 2.68 bits per heavy atom. The van der Waals surface area contributed by atoms with Crippen molar-refractivity contribution in [2.24, 2.45) is 0 Å². The van der Waals surface area contributed by atoms with E-state index in [1.807, 2.05) is 24.8 Å². The predicted molar refractivity (Wildman–Crippen MR) is 113 cm³/mol. The first-order valence-corrected chi connectivity index (χ1v) is 9.79. The number of hydrogen-bond donors (Lipinski definition) is 2. The van der Waals surface area contributed by atoms with Crippen LogP contribution >= 0.6 is 0 Å². The normalized spacial score (nSPS) is 16.4. The molecule has 1 aliphatic rings. The number of amides is 2. The summed E-state index contributed by atoms with van der Waals surface area (Å²) in [6, 6.07) is 6.85. The highest BCUT2D eigenvalue weighted by Crippen LogP contribution is 2.23. The van der Waals surface area contributed by atoms with Gasteiger partial charge in [0.25, 0.3) is 5.91 Å². The third-order valence-corrected chi connectivity index (χ3v) is 5.24. The molecule has 3 aromatic rings. The Kier molecular flexibility index (Phi) is 5.32. The van der Waals surface area contributed by atoms with Crippen LogP contribution in [0.15, 0.2) is 30.5 Å². The van der Waals surface area contributed by atoms with Crippen molar-refractivity contribution in [3.05, 3.63) is 41.7 Å². The smallest absolute Gasteiger partial charge is 0.407 e. The van der Waals surface area contributed by atoms with Gasteiger partial charge in [0.1, 0.15) is 5.75 Å². The Hall–Kier alpha value is -3.89. The molecule has 1 atom stereocenters. The van der Waals surface area contributed by atoms with Crippen LogP contribution in [0.3, 0.4) is 0 Å². The molecule has 1 fully saturated rings. The Morgan fingerprint density at radius 1 is 1.23 bits per heavy atom. The largest absolute Gasteiger partial charge is 0.494 e. The van der Waals surface area contributed by atoms with Gasteiger partial charge in [0.05, 0.1) is 30.1 Å². The Bertz CT molecular complexity index is 1130. The molecule has 1 unspecified atom stereocenters. The van der Waals surface area contributed by atoms with Gasteiger partial charge in [-0.1, -0.05) is 0 Å². The number of carbonyl (C=O) groups excluding carboxylic acids is 1. The maximum atomic E-state index is 12.8. The van der Waals surface area contributed by atoms with Crippen LogP contribution in [-0.4, -0.2) is 74.6 Å². The van der Waals surface area contributed by atoms with Gasteiger partial charge in [-0.25, -0.2) is 9.31 Å². The van der Waals surface area contributed by atoms with Crippen molar-refractivity contribution in [1.29, 1.82) is 0 Å². The van der Waals surface area contributed by atoms with Crippen LogP contribution in [-0.2, 0) is 0 Å². The van der Waals surface area contributed by atoms with Crippen molar-refractivity contribution in [1.82, 2.24) is 24.7 Å². The predicted octanol–water partition coefficient (Wildman–Crippen LogP) is 1.88. The van der Waals surface area contributed by atoms with Gasteiger partial charge in [0, 0.05) is 25.7 Å². The molecule has 4 rings (SSSR count). The van der Waals surface area contributed by atoms with Gasteiger partial charge >= 0.3 is 6.09 Å². The van der Waals surface area contributed by atoms with Crippen molar-refractivity contribution in [3.8, 4) is 5.75 Å². The van der Waals surface area contributed by atoms with E-state index in [4.69, 9.17) is 4.74 Å².